The zero-order valence-electron chi connectivity index (χ0n) is 18.7. The summed E-state index contributed by atoms with van der Waals surface area (Å²) in [6, 6.07) is 8.01. The number of unbranched alkanes of at least 4 members (excludes halogenated alkanes) is 1. The van der Waals surface area contributed by atoms with E-state index >= 15 is 0 Å². The maximum atomic E-state index is 11.2. The van der Waals surface area contributed by atoms with Crippen molar-refractivity contribution in [3.63, 3.8) is 0 Å². The van der Waals surface area contributed by atoms with Crippen LogP contribution in [-0.4, -0.2) is 34.7 Å². The summed E-state index contributed by atoms with van der Waals surface area (Å²) in [5.41, 5.74) is 8.38. The number of nitrogens with one attached hydrogen (secondary N) is 1. The van der Waals surface area contributed by atoms with Crippen LogP contribution in [0, 0.1) is 11.3 Å². The molecule has 2 aromatic rings. The first-order chi connectivity index (χ1) is 14.7. The third kappa shape index (κ3) is 6.32. The minimum atomic E-state index is -0.904. The molecule has 0 aliphatic carbocycles. The number of hydrogen-bond acceptors (Lipinski definition) is 7. The Morgan fingerprint density at radius 1 is 1.35 bits per heavy atom. The second-order valence-corrected chi connectivity index (χ2v) is 7.97. The summed E-state index contributed by atoms with van der Waals surface area (Å²) < 4.78 is 5.56. The van der Waals surface area contributed by atoms with Gasteiger partial charge in [-0.05, 0) is 37.5 Å². The molecule has 1 aromatic carbocycles. The number of nitriles is 1. The fourth-order valence-electron chi connectivity index (χ4n) is 3.26. The summed E-state index contributed by atoms with van der Waals surface area (Å²) >= 11 is 0. The zero-order chi connectivity index (χ0) is 23.0. The number of anilines is 2. The zero-order valence-corrected chi connectivity index (χ0v) is 18.7. The lowest BCUT2D eigenvalue weighted by Crippen LogP contribution is -2.16. The quantitative estimate of drug-likeness (QED) is 0.464. The fourth-order valence-corrected chi connectivity index (χ4v) is 3.26. The van der Waals surface area contributed by atoms with Crippen LogP contribution in [0.5, 0.6) is 5.75 Å². The van der Waals surface area contributed by atoms with Gasteiger partial charge in [0.25, 0.3) is 0 Å². The molecular formula is C23H31N5O3. The highest BCUT2D eigenvalue weighted by molar-refractivity contribution is 5.67. The Bertz CT molecular complexity index is 966. The van der Waals surface area contributed by atoms with E-state index in [1.807, 2.05) is 32.0 Å². The number of nitrogens with zero attached hydrogens (tertiary/aromatic N) is 3. The highest BCUT2D eigenvalue weighted by Crippen LogP contribution is 2.32. The van der Waals surface area contributed by atoms with Gasteiger partial charge >= 0.3 is 5.97 Å². The van der Waals surface area contributed by atoms with Crippen LogP contribution in [0.4, 0.5) is 11.8 Å². The molecular weight excluding hydrogens is 394 g/mol. The Morgan fingerprint density at radius 3 is 2.71 bits per heavy atom. The fraction of sp³-hybridized carbons (Fsp3) is 0.478. The number of carbonyl (C=O) groups is 1. The Kier molecular flexibility index (Phi) is 8.20. The molecule has 0 unspecified atom stereocenters. The van der Waals surface area contributed by atoms with Crippen LogP contribution in [0.3, 0.4) is 0 Å². The molecule has 0 fully saturated rings. The Labute approximate surface area is 183 Å². The number of ether oxygens (including phenoxy) is 1. The number of nitrogens with two attached hydrogens (primary N) is 1. The largest absolute Gasteiger partial charge is 0.496 e. The Morgan fingerprint density at radius 2 is 2.10 bits per heavy atom. The third-order valence-electron chi connectivity index (χ3n) is 5.16. The average Bonchev–Trinajstić information content (AvgIpc) is 2.74. The van der Waals surface area contributed by atoms with Gasteiger partial charge in [-0.2, -0.15) is 10.2 Å². The molecule has 1 aromatic heterocycles. The molecule has 0 atom stereocenters. The van der Waals surface area contributed by atoms with Gasteiger partial charge in [0.2, 0.25) is 5.95 Å². The molecule has 31 heavy (non-hydrogen) atoms. The van der Waals surface area contributed by atoms with Gasteiger partial charge in [0.05, 0.1) is 30.7 Å². The lowest BCUT2D eigenvalue weighted by atomic mass is 9.84. The number of carboxylic acid groups (broad SMARTS) is 1. The highest BCUT2D eigenvalue weighted by Gasteiger charge is 2.23. The minimum Gasteiger partial charge on any atom is -0.496 e. The van der Waals surface area contributed by atoms with Gasteiger partial charge in [-0.3, -0.25) is 4.79 Å². The normalized spacial score (nSPS) is 11.1. The van der Waals surface area contributed by atoms with E-state index in [-0.39, 0.29) is 18.8 Å². The summed E-state index contributed by atoms with van der Waals surface area (Å²) in [6.45, 7) is 6.54. The molecule has 4 N–H and O–H groups in total. The molecule has 1 heterocycles. The van der Waals surface area contributed by atoms with E-state index < -0.39 is 11.4 Å². The molecule has 2 rings (SSSR count). The van der Waals surface area contributed by atoms with Crippen LogP contribution >= 0.6 is 0 Å². The number of aliphatic carboxylic acids is 1. The SMILES string of the molecule is CCCCNc1nc(N)nc(CCC(=O)O)c1Cc1cc(C(C)(C)C#N)ccc1OC. The summed E-state index contributed by atoms with van der Waals surface area (Å²) in [7, 11) is 1.60. The molecule has 0 spiro atoms. The molecule has 0 bridgehead atoms. The van der Waals surface area contributed by atoms with Crippen molar-refractivity contribution in [2.45, 2.75) is 58.3 Å². The maximum Gasteiger partial charge on any atom is 0.303 e. The number of benzene rings is 1. The number of carboxylic acids is 1. The van der Waals surface area contributed by atoms with Gasteiger partial charge < -0.3 is 20.9 Å². The molecule has 0 saturated heterocycles. The number of aromatic nitrogens is 2. The van der Waals surface area contributed by atoms with Crippen molar-refractivity contribution in [2.75, 3.05) is 24.7 Å². The number of nitrogen functional groups attached to an aromatic ring is 1. The summed E-state index contributed by atoms with van der Waals surface area (Å²) in [4.78, 5) is 19.9. The van der Waals surface area contributed by atoms with Gasteiger partial charge in [0, 0.05) is 24.9 Å². The highest BCUT2D eigenvalue weighted by atomic mass is 16.5. The molecule has 8 nitrogen and oxygen atoms in total. The van der Waals surface area contributed by atoms with Crippen LogP contribution in [-0.2, 0) is 23.1 Å². The van der Waals surface area contributed by atoms with Gasteiger partial charge in [-0.25, -0.2) is 4.98 Å². The van der Waals surface area contributed by atoms with E-state index in [0.29, 0.717) is 23.7 Å². The van der Waals surface area contributed by atoms with E-state index in [2.05, 4.69) is 28.3 Å². The number of hydrogen-bond donors (Lipinski definition) is 3. The van der Waals surface area contributed by atoms with Crippen molar-refractivity contribution in [1.29, 1.82) is 5.26 Å². The van der Waals surface area contributed by atoms with Crippen molar-refractivity contribution in [2.24, 2.45) is 0 Å². The van der Waals surface area contributed by atoms with E-state index in [9.17, 15) is 10.1 Å². The molecule has 166 valence electrons. The predicted molar refractivity (Wildman–Crippen MR) is 120 cm³/mol. The Balaban J connectivity index is 2.55. The first kappa shape index (κ1) is 23.9. The van der Waals surface area contributed by atoms with Crippen molar-refractivity contribution in [3.05, 3.63) is 40.6 Å². The van der Waals surface area contributed by atoms with Gasteiger partial charge in [0.15, 0.2) is 0 Å². The van der Waals surface area contributed by atoms with Crippen molar-refractivity contribution >= 4 is 17.7 Å². The number of methoxy groups -OCH3 is 1. The second kappa shape index (κ2) is 10.6. The van der Waals surface area contributed by atoms with Gasteiger partial charge in [0.1, 0.15) is 11.6 Å². The monoisotopic (exact) mass is 425 g/mol. The third-order valence-corrected chi connectivity index (χ3v) is 5.16. The molecule has 0 saturated carbocycles. The lowest BCUT2D eigenvalue weighted by molar-refractivity contribution is -0.136. The number of aryl methyl sites for hydroxylation is 1. The smallest absolute Gasteiger partial charge is 0.303 e. The molecule has 0 aliphatic rings. The first-order valence-electron chi connectivity index (χ1n) is 10.4. The first-order valence-corrected chi connectivity index (χ1v) is 10.4. The van der Waals surface area contributed by atoms with Crippen LogP contribution < -0.4 is 15.8 Å². The Hall–Kier alpha value is -3.34. The maximum absolute atomic E-state index is 11.2. The van der Waals surface area contributed by atoms with Crippen LogP contribution in [0.1, 0.15) is 62.4 Å². The van der Waals surface area contributed by atoms with Crippen molar-refractivity contribution in [3.8, 4) is 11.8 Å². The standard InChI is InChI=1S/C23H31N5O3/c1-5-6-11-26-21-17(18(8-10-20(29)30)27-22(25)28-21)13-15-12-16(23(2,3)14-24)7-9-19(15)31-4/h7,9,12H,5-6,8,10-11,13H2,1-4H3,(H,29,30)(H3,25,26,27,28). The predicted octanol–water partition coefficient (Wildman–Crippen LogP) is 3.69. The second-order valence-electron chi connectivity index (χ2n) is 7.97. The van der Waals surface area contributed by atoms with E-state index in [1.54, 1.807) is 7.11 Å². The van der Waals surface area contributed by atoms with E-state index in [1.165, 1.54) is 0 Å². The topological polar surface area (TPSA) is 134 Å². The average molecular weight is 426 g/mol. The van der Waals surface area contributed by atoms with Crippen molar-refractivity contribution < 1.29 is 14.6 Å². The summed E-state index contributed by atoms with van der Waals surface area (Å²) in [6.07, 6.45) is 2.58. The van der Waals surface area contributed by atoms with E-state index in [0.717, 1.165) is 36.1 Å². The van der Waals surface area contributed by atoms with Crippen molar-refractivity contribution in [1.82, 2.24) is 9.97 Å². The lowest BCUT2D eigenvalue weighted by Gasteiger charge is -2.20. The molecule has 0 aliphatic heterocycles. The molecule has 8 heteroatoms. The summed E-state index contributed by atoms with van der Waals surface area (Å²) in [5, 5.41) is 22.0. The van der Waals surface area contributed by atoms with Crippen LogP contribution in [0.2, 0.25) is 0 Å². The van der Waals surface area contributed by atoms with Gasteiger partial charge in [-0.15, -0.1) is 0 Å². The minimum absolute atomic E-state index is 0.0590. The number of rotatable bonds is 11. The molecule has 0 amide bonds. The molecule has 0 radical (unpaired) electrons. The van der Waals surface area contributed by atoms with Crippen LogP contribution in [0.25, 0.3) is 0 Å². The van der Waals surface area contributed by atoms with Crippen LogP contribution in [0.15, 0.2) is 18.2 Å². The van der Waals surface area contributed by atoms with Gasteiger partial charge in [-0.1, -0.05) is 25.5 Å². The summed E-state index contributed by atoms with van der Waals surface area (Å²) in [5.74, 6) is 0.486. The van der Waals surface area contributed by atoms with E-state index in [4.69, 9.17) is 15.6 Å².